The van der Waals surface area contributed by atoms with Gasteiger partial charge in [-0.1, -0.05) is 41.1 Å². The van der Waals surface area contributed by atoms with Crippen LogP contribution in [0.5, 0.6) is 17.2 Å². The molecule has 0 spiro atoms. The molecule has 1 aliphatic rings. The van der Waals surface area contributed by atoms with Crippen molar-refractivity contribution in [2.24, 2.45) is 4.99 Å². The van der Waals surface area contributed by atoms with Crippen LogP contribution in [0.1, 0.15) is 36.6 Å². The predicted molar refractivity (Wildman–Crippen MR) is 178 cm³/mol. The molecule has 0 unspecified atom stereocenters. The SMILES string of the molecule is CCOC(=O)C1=C(C)N=c2s/c(=C/c3cc(Br)c(OCc4ccc(Cl)cc4)c(OC)c3)c(=O)n2[C@@H]1c1ccc(OC)c(Br)c1. The summed E-state index contributed by atoms with van der Waals surface area (Å²) < 4.78 is 25.8. The Bertz CT molecular complexity index is 1950. The van der Waals surface area contributed by atoms with Crippen molar-refractivity contribution in [2.75, 3.05) is 20.8 Å². The van der Waals surface area contributed by atoms with Gasteiger partial charge in [0.05, 0.1) is 51.6 Å². The van der Waals surface area contributed by atoms with Crippen molar-refractivity contribution >= 4 is 66.8 Å². The van der Waals surface area contributed by atoms with Crippen LogP contribution in [0.25, 0.3) is 6.08 Å². The van der Waals surface area contributed by atoms with E-state index in [0.29, 0.717) is 69.6 Å². The van der Waals surface area contributed by atoms with Gasteiger partial charge in [0.25, 0.3) is 5.56 Å². The zero-order valence-corrected chi connectivity index (χ0v) is 28.9. The minimum absolute atomic E-state index is 0.190. The van der Waals surface area contributed by atoms with Crippen LogP contribution in [0.2, 0.25) is 5.02 Å². The van der Waals surface area contributed by atoms with Crippen LogP contribution in [0.4, 0.5) is 0 Å². The van der Waals surface area contributed by atoms with Crippen molar-refractivity contribution in [3.63, 3.8) is 0 Å². The molecule has 8 nitrogen and oxygen atoms in total. The van der Waals surface area contributed by atoms with Gasteiger partial charge in [-0.05, 0) is 105 Å². The number of halogens is 3. The van der Waals surface area contributed by atoms with Crippen molar-refractivity contribution in [3.05, 3.63) is 116 Å². The first-order valence-corrected chi connectivity index (χ1v) is 16.2. The maximum atomic E-state index is 14.0. The van der Waals surface area contributed by atoms with Crippen molar-refractivity contribution in [3.8, 4) is 17.2 Å². The summed E-state index contributed by atoms with van der Waals surface area (Å²) in [6.07, 6.45) is 1.77. The third-order valence-electron chi connectivity index (χ3n) is 6.85. The van der Waals surface area contributed by atoms with E-state index in [9.17, 15) is 9.59 Å². The summed E-state index contributed by atoms with van der Waals surface area (Å²) in [5.74, 6) is 1.12. The summed E-state index contributed by atoms with van der Waals surface area (Å²) in [7, 11) is 3.13. The molecule has 0 amide bonds. The van der Waals surface area contributed by atoms with Crippen LogP contribution < -0.4 is 29.1 Å². The summed E-state index contributed by atoms with van der Waals surface area (Å²) in [6.45, 7) is 3.99. The Labute approximate surface area is 279 Å². The summed E-state index contributed by atoms with van der Waals surface area (Å²) in [4.78, 5) is 32.3. The van der Waals surface area contributed by atoms with E-state index in [1.807, 2.05) is 30.3 Å². The topological polar surface area (TPSA) is 88.4 Å². The third kappa shape index (κ3) is 6.51. The number of allylic oxidation sites excluding steroid dienone is 1. The number of ether oxygens (including phenoxy) is 4. The number of methoxy groups -OCH3 is 2. The average Bonchev–Trinajstić information content (AvgIpc) is 3.30. The second-order valence-corrected chi connectivity index (χ2v) is 12.8. The lowest BCUT2D eigenvalue weighted by Crippen LogP contribution is -2.40. The molecule has 0 N–H and O–H groups in total. The summed E-state index contributed by atoms with van der Waals surface area (Å²) in [5.41, 5.74) is 2.86. The smallest absolute Gasteiger partial charge is 0.338 e. The van der Waals surface area contributed by atoms with E-state index in [1.54, 1.807) is 63.0 Å². The summed E-state index contributed by atoms with van der Waals surface area (Å²) >= 11 is 14.4. The van der Waals surface area contributed by atoms with Gasteiger partial charge >= 0.3 is 5.97 Å². The monoisotopic (exact) mass is 760 g/mol. The number of hydrogen-bond donors (Lipinski definition) is 0. The van der Waals surface area contributed by atoms with Crippen LogP contribution in [0.15, 0.2) is 84.6 Å². The highest BCUT2D eigenvalue weighted by molar-refractivity contribution is 9.11. The van der Waals surface area contributed by atoms with Gasteiger partial charge < -0.3 is 18.9 Å². The van der Waals surface area contributed by atoms with Gasteiger partial charge in [0, 0.05) is 5.02 Å². The third-order valence-corrected chi connectivity index (χ3v) is 9.30. The van der Waals surface area contributed by atoms with E-state index in [4.69, 9.17) is 30.5 Å². The van der Waals surface area contributed by atoms with Crippen LogP contribution in [0, 0.1) is 0 Å². The number of aromatic nitrogens is 1. The van der Waals surface area contributed by atoms with Crippen LogP contribution in [-0.4, -0.2) is 31.4 Å². The second kappa shape index (κ2) is 13.7. The highest BCUT2D eigenvalue weighted by Crippen LogP contribution is 2.38. The molecule has 1 atom stereocenters. The minimum Gasteiger partial charge on any atom is -0.496 e. The molecule has 1 aliphatic heterocycles. The highest BCUT2D eigenvalue weighted by Gasteiger charge is 2.33. The van der Waals surface area contributed by atoms with E-state index in [0.717, 1.165) is 5.56 Å². The molecule has 0 radical (unpaired) electrons. The first-order valence-electron chi connectivity index (χ1n) is 13.4. The average molecular weight is 763 g/mol. The number of fused-ring (bicyclic) bond motifs is 1. The van der Waals surface area contributed by atoms with E-state index in [1.165, 1.54) is 11.3 Å². The fourth-order valence-corrected chi connectivity index (χ4v) is 7.12. The predicted octanol–water partition coefficient (Wildman–Crippen LogP) is 6.57. The number of rotatable bonds is 9. The maximum absolute atomic E-state index is 14.0. The number of nitrogens with zero attached hydrogens (tertiary/aromatic N) is 2. The van der Waals surface area contributed by atoms with E-state index in [-0.39, 0.29) is 12.2 Å². The van der Waals surface area contributed by atoms with Gasteiger partial charge in [-0.15, -0.1) is 0 Å². The van der Waals surface area contributed by atoms with Gasteiger partial charge in [-0.2, -0.15) is 0 Å². The Morgan fingerprint density at radius 3 is 2.43 bits per heavy atom. The molecule has 44 heavy (non-hydrogen) atoms. The van der Waals surface area contributed by atoms with Crippen molar-refractivity contribution in [2.45, 2.75) is 26.5 Å². The molecule has 1 aromatic heterocycles. The van der Waals surface area contributed by atoms with Gasteiger partial charge in [-0.3, -0.25) is 9.36 Å². The Morgan fingerprint density at radius 2 is 1.77 bits per heavy atom. The summed E-state index contributed by atoms with van der Waals surface area (Å²) in [5, 5.41) is 0.651. The summed E-state index contributed by atoms with van der Waals surface area (Å²) in [6, 6.07) is 15.7. The minimum atomic E-state index is -0.750. The van der Waals surface area contributed by atoms with Crippen molar-refractivity contribution in [1.29, 1.82) is 0 Å². The van der Waals surface area contributed by atoms with Crippen molar-refractivity contribution < 1.29 is 23.7 Å². The Hall–Kier alpha value is -3.38. The quantitative estimate of drug-likeness (QED) is 0.179. The molecule has 228 valence electrons. The van der Waals surface area contributed by atoms with E-state index in [2.05, 4.69) is 36.9 Å². The van der Waals surface area contributed by atoms with E-state index < -0.39 is 12.0 Å². The van der Waals surface area contributed by atoms with Crippen molar-refractivity contribution in [1.82, 2.24) is 4.57 Å². The lowest BCUT2D eigenvalue weighted by Gasteiger charge is -2.25. The van der Waals surface area contributed by atoms with E-state index >= 15 is 0 Å². The number of hydrogen-bond acceptors (Lipinski definition) is 8. The van der Waals surface area contributed by atoms with Gasteiger partial charge in [-0.25, -0.2) is 9.79 Å². The molecule has 0 saturated carbocycles. The fraction of sp³-hybridized carbons (Fsp3) is 0.219. The maximum Gasteiger partial charge on any atom is 0.338 e. The van der Waals surface area contributed by atoms with Crippen LogP contribution in [-0.2, 0) is 16.1 Å². The number of carbonyl (C=O) groups excluding carboxylic acids is 1. The fourth-order valence-electron chi connectivity index (χ4n) is 4.81. The number of thiazole rings is 1. The molecular formula is C32H27Br2ClN2O6S. The van der Waals surface area contributed by atoms with Gasteiger partial charge in [0.1, 0.15) is 12.4 Å². The largest absolute Gasteiger partial charge is 0.496 e. The molecule has 3 aromatic carbocycles. The molecule has 12 heteroatoms. The molecule has 0 aliphatic carbocycles. The lowest BCUT2D eigenvalue weighted by atomic mass is 9.96. The first kappa shape index (κ1) is 32.0. The number of carbonyl (C=O) groups is 1. The van der Waals surface area contributed by atoms with Gasteiger partial charge in [0.15, 0.2) is 16.3 Å². The zero-order chi connectivity index (χ0) is 31.5. The Kier molecular flexibility index (Phi) is 9.99. The molecule has 2 heterocycles. The molecule has 4 aromatic rings. The number of benzene rings is 3. The molecule has 5 rings (SSSR count). The van der Waals surface area contributed by atoms with Crippen LogP contribution in [0.3, 0.4) is 0 Å². The molecule has 0 bridgehead atoms. The molecular weight excluding hydrogens is 736 g/mol. The molecule has 0 fully saturated rings. The van der Waals surface area contributed by atoms with Crippen LogP contribution >= 0.6 is 54.8 Å². The second-order valence-electron chi connectivity index (χ2n) is 9.65. The Balaban J connectivity index is 1.58. The molecule has 0 saturated heterocycles. The Morgan fingerprint density at radius 1 is 1.05 bits per heavy atom. The van der Waals surface area contributed by atoms with Gasteiger partial charge in [0.2, 0.25) is 0 Å². The number of esters is 1. The zero-order valence-electron chi connectivity index (χ0n) is 24.2. The standard InChI is InChI=1S/C32H27Br2ClN2O6S/c1-5-42-31(39)27-17(2)36-32-37(28(27)20-8-11-24(40-3)22(33)15-20)30(38)26(44-32)14-19-12-23(34)29(25(13-19)41-4)43-16-18-6-9-21(35)10-7-18/h6-15,28H,5,16H2,1-4H3/b26-14+/t28-/m1/s1. The lowest BCUT2D eigenvalue weighted by molar-refractivity contribution is -0.139. The highest BCUT2D eigenvalue weighted by atomic mass is 79.9. The first-order chi connectivity index (χ1) is 21.1. The normalized spacial score (nSPS) is 14.6.